The normalized spacial score (nSPS) is 18.7. The number of carbonyl (C=O) groups excluding carboxylic acids is 3. The third-order valence-corrected chi connectivity index (χ3v) is 8.06. The number of hydrogen-bond donors (Lipinski definition) is 2. The van der Waals surface area contributed by atoms with E-state index in [1.807, 2.05) is 67.6 Å². The molecule has 0 bridgehead atoms. The summed E-state index contributed by atoms with van der Waals surface area (Å²) < 4.78 is 0. The van der Waals surface area contributed by atoms with E-state index in [-0.39, 0.29) is 29.7 Å². The molecule has 0 spiro atoms. The molecule has 4 atom stereocenters. The van der Waals surface area contributed by atoms with E-state index in [9.17, 15) is 14.4 Å². The average molecular weight is 529 g/mol. The Hall–Kier alpha value is -3.71. The summed E-state index contributed by atoms with van der Waals surface area (Å²) in [5.41, 5.74) is 1.93. The Balaban J connectivity index is 1.65. The van der Waals surface area contributed by atoms with Crippen LogP contribution in [-0.4, -0.2) is 73.3 Å². The van der Waals surface area contributed by atoms with Crippen molar-refractivity contribution < 1.29 is 14.4 Å². The van der Waals surface area contributed by atoms with Gasteiger partial charge in [0.2, 0.25) is 17.7 Å². The summed E-state index contributed by atoms with van der Waals surface area (Å²) in [5.74, 6) is -0.722. The Kier molecular flexibility index (Phi) is 9.36. The van der Waals surface area contributed by atoms with Crippen LogP contribution in [0.25, 0.3) is 10.8 Å². The average Bonchev–Trinajstić information content (AvgIpc) is 2.97. The minimum Gasteiger partial charge on any atom is -0.357 e. The van der Waals surface area contributed by atoms with Gasteiger partial charge in [0, 0.05) is 40.0 Å². The van der Waals surface area contributed by atoms with Crippen molar-refractivity contribution in [3.8, 4) is 0 Å². The van der Waals surface area contributed by atoms with Gasteiger partial charge in [0.05, 0.1) is 5.92 Å². The number of benzene rings is 3. The van der Waals surface area contributed by atoms with E-state index in [4.69, 9.17) is 0 Å². The topological polar surface area (TPSA) is 81.8 Å². The number of nitrogens with one attached hydrogen (secondary N) is 2. The van der Waals surface area contributed by atoms with Crippen molar-refractivity contribution in [2.75, 3.05) is 27.7 Å². The molecular formula is C32H40N4O3. The zero-order valence-electron chi connectivity index (χ0n) is 23.4. The third-order valence-electron chi connectivity index (χ3n) is 8.06. The number of rotatable bonds is 9. The maximum Gasteiger partial charge on any atom is 0.246 e. The summed E-state index contributed by atoms with van der Waals surface area (Å²) in [6.45, 7) is 2.92. The van der Waals surface area contributed by atoms with Crippen molar-refractivity contribution in [1.82, 2.24) is 20.4 Å². The molecule has 0 aliphatic carbocycles. The number of fused-ring (bicyclic) bond motifs is 1. The largest absolute Gasteiger partial charge is 0.357 e. The van der Waals surface area contributed by atoms with Crippen LogP contribution in [0.1, 0.15) is 30.9 Å². The molecule has 4 rings (SSSR count). The van der Waals surface area contributed by atoms with Crippen LogP contribution in [0.2, 0.25) is 0 Å². The van der Waals surface area contributed by atoms with E-state index in [1.165, 1.54) is 4.90 Å². The second kappa shape index (κ2) is 12.9. The molecule has 1 fully saturated rings. The Morgan fingerprint density at radius 3 is 2.23 bits per heavy atom. The molecule has 7 nitrogen and oxygen atoms in total. The predicted molar refractivity (Wildman–Crippen MR) is 155 cm³/mol. The molecule has 206 valence electrons. The SMILES string of the molecule is CNC(=O)[C@@H](Cc1ccccc1)N(C)C(=O)[C@H](Cc1ccc2ccccc2c1)N(C)C(=O)C1CCCNC1C. The third kappa shape index (κ3) is 6.66. The van der Waals surface area contributed by atoms with Gasteiger partial charge in [-0.15, -0.1) is 0 Å². The van der Waals surface area contributed by atoms with E-state index in [0.717, 1.165) is 41.3 Å². The minimum absolute atomic E-state index is 0.0400. The predicted octanol–water partition coefficient (Wildman–Crippen LogP) is 3.41. The monoisotopic (exact) mass is 528 g/mol. The van der Waals surface area contributed by atoms with Gasteiger partial charge in [-0.25, -0.2) is 0 Å². The summed E-state index contributed by atoms with van der Waals surface area (Å²) in [7, 11) is 4.98. The summed E-state index contributed by atoms with van der Waals surface area (Å²) in [5, 5.41) is 8.32. The van der Waals surface area contributed by atoms with Gasteiger partial charge in [-0.05, 0) is 48.2 Å². The van der Waals surface area contributed by atoms with Crippen molar-refractivity contribution in [2.45, 2.75) is 50.7 Å². The second-order valence-electron chi connectivity index (χ2n) is 10.6. The van der Waals surface area contributed by atoms with Crippen LogP contribution in [0.3, 0.4) is 0 Å². The highest BCUT2D eigenvalue weighted by Crippen LogP contribution is 2.23. The lowest BCUT2D eigenvalue weighted by molar-refractivity contribution is -0.149. The first-order valence-electron chi connectivity index (χ1n) is 13.8. The van der Waals surface area contributed by atoms with Crippen LogP contribution in [0.15, 0.2) is 72.8 Å². The molecule has 2 N–H and O–H groups in total. The van der Waals surface area contributed by atoms with Crippen LogP contribution in [0.5, 0.6) is 0 Å². The number of amides is 3. The molecule has 0 radical (unpaired) electrons. The highest BCUT2D eigenvalue weighted by atomic mass is 16.2. The second-order valence-corrected chi connectivity index (χ2v) is 10.6. The molecule has 1 saturated heterocycles. The van der Waals surface area contributed by atoms with Gasteiger partial charge in [0.15, 0.2) is 0 Å². The lowest BCUT2D eigenvalue weighted by atomic mass is 9.89. The molecule has 1 aliphatic rings. The summed E-state index contributed by atoms with van der Waals surface area (Å²) in [6, 6.07) is 22.5. The Morgan fingerprint density at radius 2 is 1.54 bits per heavy atom. The minimum atomic E-state index is -0.749. The van der Waals surface area contributed by atoms with Gasteiger partial charge in [-0.3, -0.25) is 14.4 Å². The molecule has 0 aromatic heterocycles. The van der Waals surface area contributed by atoms with Gasteiger partial charge in [-0.1, -0.05) is 72.8 Å². The van der Waals surface area contributed by atoms with E-state index < -0.39 is 12.1 Å². The van der Waals surface area contributed by atoms with Crippen molar-refractivity contribution in [1.29, 1.82) is 0 Å². The number of nitrogens with zero attached hydrogens (tertiary/aromatic N) is 2. The maximum absolute atomic E-state index is 14.2. The van der Waals surface area contributed by atoms with Crippen LogP contribution in [-0.2, 0) is 27.2 Å². The summed E-state index contributed by atoms with van der Waals surface area (Å²) >= 11 is 0. The smallest absolute Gasteiger partial charge is 0.246 e. The van der Waals surface area contributed by atoms with Crippen molar-refractivity contribution in [2.24, 2.45) is 5.92 Å². The van der Waals surface area contributed by atoms with Gasteiger partial charge in [0.25, 0.3) is 0 Å². The molecule has 3 amide bonds. The standard InChI is InChI=1S/C32H40N4O3/c1-22-27(15-10-18-34-22)31(38)36(4)29(21-24-16-17-25-13-8-9-14-26(25)19-24)32(39)35(3)28(30(37)33-2)20-23-11-6-5-7-12-23/h5-9,11-14,16-17,19,22,27-29,34H,10,15,18,20-21H2,1-4H3,(H,33,37)/t22?,27?,28-,29+/m1/s1. The lowest BCUT2D eigenvalue weighted by Gasteiger charge is -2.38. The fourth-order valence-electron chi connectivity index (χ4n) is 5.57. The van der Waals surface area contributed by atoms with Crippen molar-refractivity contribution in [3.05, 3.63) is 83.9 Å². The van der Waals surface area contributed by atoms with Crippen LogP contribution >= 0.6 is 0 Å². The zero-order valence-corrected chi connectivity index (χ0v) is 23.4. The summed E-state index contributed by atoms with van der Waals surface area (Å²) in [6.07, 6.45) is 2.45. The summed E-state index contributed by atoms with van der Waals surface area (Å²) in [4.78, 5) is 44.1. The van der Waals surface area contributed by atoms with Gasteiger partial charge in [-0.2, -0.15) is 0 Å². The number of carbonyl (C=O) groups is 3. The van der Waals surface area contributed by atoms with E-state index >= 15 is 0 Å². The van der Waals surface area contributed by atoms with Gasteiger partial charge < -0.3 is 20.4 Å². The zero-order chi connectivity index (χ0) is 27.9. The quantitative estimate of drug-likeness (QED) is 0.446. The first-order valence-corrected chi connectivity index (χ1v) is 13.8. The Bertz CT molecular complexity index is 1290. The highest BCUT2D eigenvalue weighted by Gasteiger charge is 2.38. The van der Waals surface area contributed by atoms with E-state index in [1.54, 1.807) is 26.0 Å². The molecule has 1 heterocycles. The number of piperidine rings is 1. The maximum atomic E-state index is 14.2. The Labute approximate surface area is 231 Å². The molecule has 1 aliphatic heterocycles. The molecule has 2 unspecified atom stereocenters. The van der Waals surface area contributed by atoms with Crippen molar-refractivity contribution >= 4 is 28.5 Å². The van der Waals surface area contributed by atoms with Gasteiger partial charge in [0.1, 0.15) is 12.1 Å². The Morgan fingerprint density at radius 1 is 0.872 bits per heavy atom. The molecule has 3 aromatic carbocycles. The fraction of sp³-hybridized carbons (Fsp3) is 0.406. The molecule has 0 saturated carbocycles. The van der Waals surface area contributed by atoms with Crippen LogP contribution in [0, 0.1) is 5.92 Å². The molecule has 39 heavy (non-hydrogen) atoms. The van der Waals surface area contributed by atoms with Gasteiger partial charge >= 0.3 is 0 Å². The van der Waals surface area contributed by atoms with E-state index in [0.29, 0.717) is 12.8 Å². The molecule has 7 heteroatoms. The highest BCUT2D eigenvalue weighted by molar-refractivity contribution is 5.93. The molecule has 3 aromatic rings. The number of hydrogen-bond acceptors (Lipinski definition) is 4. The first kappa shape index (κ1) is 28.3. The fourth-order valence-corrected chi connectivity index (χ4v) is 5.57. The van der Waals surface area contributed by atoms with Crippen molar-refractivity contribution in [3.63, 3.8) is 0 Å². The van der Waals surface area contributed by atoms with Crippen LogP contribution < -0.4 is 10.6 Å². The van der Waals surface area contributed by atoms with Crippen LogP contribution in [0.4, 0.5) is 0 Å². The lowest BCUT2D eigenvalue weighted by Crippen LogP contribution is -2.57. The first-order chi connectivity index (χ1) is 18.8. The number of likely N-dealkylation sites (N-methyl/N-ethyl adjacent to an activating group) is 3. The molecular weight excluding hydrogens is 488 g/mol. The van der Waals surface area contributed by atoms with E-state index in [2.05, 4.69) is 22.8 Å².